The smallest absolute Gasteiger partial charge is 0.412 e. The monoisotopic (exact) mass is 231 g/mol. The maximum atomic E-state index is 11.7. The lowest BCUT2D eigenvalue weighted by atomic mass is 10.2. The second kappa shape index (κ2) is 4.69. The molecule has 0 N–H and O–H groups in total. The highest BCUT2D eigenvalue weighted by Gasteiger charge is 2.38. The maximum Gasteiger partial charge on any atom is 0.412 e. The molecule has 0 aromatic carbocycles. The Labute approximate surface area is 94.4 Å². The normalized spacial score (nSPS) is 20.8. The van der Waals surface area contributed by atoms with Crippen LogP contribution in [0.2, 0.25) is 0 Å². The summed E-state index contributed by atoms with van der Waals surface area (Å²) in [5.41, 5.74) is -0.597. The van der Waals surface area contributed by atoms with Gasteiger partial charge in [0.1, 0.15) is 12.3 Å². The van der Waals surface area contributed by atoms with Crippen molar-refractivity contribution in [3.05, 3.63) is 0 Å². The minimum Gasteiger partial charge on any atom is -0.467 e. The van der Waals surface area contributed by atoms with Gasteiger partial charge in [-0.3, -0.25) is 4.90 Å². The Kier molecular flexibility index (Phi) is 3.74. The van der Waals surface area contributed by atoms with Crippen LogP contribution in [-0.2, 0) is 19.0 Å². The van der Waals surface area contributed by atoms with Crippen LogP contribution in [0.1, 0.15) is 20.8 Å². The molecule has 16 heavy (non-hydrogen) atoms. The molecular formula is C10H17NO5. The molecule has 1 saturated heterocycles. The van der Waals surface area contributed by atoms with E-state index in [2.05, 4.69) is 4.74 Å². The fourth-order valence-corrected chi connectivity index (χ4v) is 1.27. The van der Waals surface area contributed by atoms with Crippen molar-refractivity contribution in [3.8, 4) is 0 Å². The Morgan fingerprint density at radius 2 is 2.00 bits per heavy atom. The largest absolute Gasteiger partial charge is 0.467 e. The molecule has 0 aromatic heterocycles. The average molecular weight is 231 g/mol. The van der Waals surface area contributed by atoms with Crippen molar-refractivity contribution in [3.63, 3.8) is 0 Å². The first-order chi connectivity index (χ1) is 7.35. The summed E-state index contributed by atoms with van der Waals surface area (Å²) in [6.07, 6.45) is -0.569. The zero-order valence-corrected chi connectivity index (χ0v) is 9.98. The molecule has 92 valence electrons. The predicted molar refractivity (Wildman–Crippen MR) is 54.7 cm³/mol. The van der Waals surface area contributed by atoms with E-state index in [4.69, 9.17) is 9.47 Å². The molecule has 1 aliphatic rings. The highest BCUT2D eigenvalue weighted by molar-refractivity contribution is 5.82. The van der Waals surface area contributed by atoms with E-state index < -0.39 is 23.7 Å². The standard InChI is InChI=1S/C10H17NO5/c1-10(2,3)16-9(13)11-6-15-5-7(11)8(12)14-4/h7H,5-6H2,1-4H3/t7-/m0/s1. The molecule has 0 aliphatic carbocycles. The Balaban J connectivity index is 2.65. The minimum atomic E-state index is -0.708. The summed E-state index contributed by atoms with van der Waals surface area (Å²) < 4.78 is 14.8. The molecule has 1 heterocycles. The van der Waals surface area contributed by atoms with Crippen molar-refractivity contribution in [1.82, 2.24) is 4.90 Å². The number of esters is 1. The number of hydrogen-bond acceptors (Lipinski definition) is 5. The molecule has 6 nitrogen and oxygen atoms in total. The number of ether oxygens (including phenoxy) is 3. The van der Waals surface area contributed by atoms with Crippen molar-refractivity contribution in [2.75, 3.05) is 20.4 Å². The summed E-state index contributed by atoms with van der Waals surface area (Å²) in [6.45, 7) is 5.47. The molecule has 1 rings (SSSR count). The predicted octanol–water partition coefficient (Wildman–Crippen LogP) is 0.753. The van der Waals surface area contributed by atoms with Crippen molar-refractivity contribution < 1.29 is 23.8 Å². The van der Waals surface area contributed by atoms with Gasteiger partial charge >= 0.3 is 12.1 Å². The van der Waals surface area contributed by atoms with E-state index in [1.807, 2.05) is 0 Å². The van der Waals surface area contributed by atoms with Crippen molar-refractivity contribution in [1.29, 1.82) is 0 Å². The van der Waals surface area contributed by atoms with Crippen LogP contribution >= 0.6 is 0 Å². The van der Waals surface area contributed by atoms with Gasteiger partial charge in [-0.15, -0.1) is 0 Å². The summed E-state index contributed by atoms with van der Waals surface area (Å²) in [6, 6.07) is -0.708. The van der Waals surface area contributed by atoms with Crippen LogP contribution < -0.4 is 0 Å². The number of nitrogens with zero attached hydrogens (tertiary/aromatic N) is 1. The molecule has 0 bridgehead atoms. The molecule has 1 aliphatic heterocycles. The Bertz CT molecular complexity index is 283. The zero-order chi connectivity index (χ0) is 12.3. The Morgan fingerprint density at radius 3 is 2.50 bits per heavy atom. The van der Waals surface area contributed by atoms with Crippen molar-refractivity contribution in [2.45, 2.75) is 32.4 Å². The van der Waals surface area contributed by atoms with E-state index in [1.54, 1.807) is 20.8 Å². The first-order valence-electron chi connectivity index (χ1n) is 5.00. The highest BCUT2D eigenvalue weighted by atomic mass is 16.6. The Morgan fingerprint density at radius 1 is 1.38 bits per heavy atom. The van der Waals surface area contributed by atoms with Crippen LogP contribution in [0, 0.1) is 0 Å². The van der Waals surface area contributed by atoms with Crippen molar-refractivity contribution in [2.24, 2.45) is 0 Å². The van der Waals surface area contributed by atoms with Gasteiger partial charge in [-0.2, -0.15) is 0 Å². The summed E-state index contributed by atoms with van der Waals surface area (Å²) in [5, 5.41) is 0. The number of amides is 1. The van der Waals surface area contributed by atoms with E-state index >= 15 is 0 Å². The number of hydrogen-bond donors (Lipinski definition) is 0. The van der Waals surface area contributed by atoms with Crippen molar-refractivity contribution >= 4 is 12.1 Å². The number of carbonyl (C=O) groups is 2. The van der Waals surface area contributed by atoms with Gasteiger partial charge in [0, 0.05) is 0 Å². The molecule has 1 fully saturated rings. The third-order valence-electron chi connectivity index (χ3n) is 1.98. The van der Waals surface area contributed by atoms with E-state index in [-0.39, 0.29) is 13.3 Å². The second-order valence-electron chi connectivity index (χ2n) is 4.49. The number of carbonyl (C=O) groups excluding carboxylic acids is 2. The minimum absolute atomic E-state index is 0.0503. The summed E-state index contributed by atoms with van der Waals surface area (Å²) >= 11 is 0. The lowest BCUT2D eigenvalue weighted by molar-refractivity contribution is -0.145. The third kappa shape index (κ3) is 3.10. The summed E-state index contributed by atoms with van der Waals surface area (Å²) in [7, 11) is 1.27. The Hall–Kier alpha value is -1.30. The van der Waals surface area contributed by atoms with Gasteiger partial charge in [0.25, 0.3) is 0 Å². The molecule has 0 aromatic rings. The first kappa shape index (κ1) is 12.8. The SMILES string of the molecule is COC(=O)[C@@H]1COCN1C(=O)OC(C)(C)C. The van der Waals surface area contributed by atoms with Gasteiger partial charge in [0.15, 0.2) is 6.04 Å². The molecule has 0 saturated carbocycles. The van der Waals surface area contributed by atoms with Gasteiger partial charge in [-0.25, -0.2) is 9.59 Å². The fraction of sp³-hybridized carbons (Fsp3) is 0.800. The van der Waals surface area contributed by atoms with Crippen LogP contribution in [0.25, 0.3) is 0 Å². The van der Waals surface area contributed by atoms with Crippen LogP contribution in [0.5, 0.6) is 0 Å². The quantitative estimate of drug-likeness (QED) is 0.623. The fourth-order valence-electron chi connectivity index (χ4n) is 1.27. The average Bonchev–Trinajstić information content (AvgIpc) is 2.62. The lowest BCUT2D eigenvalue weighted by Crippen LogP contribution is -2.44. The molecule has 0 spiro atoms. The van der Waals surface area contributed by atoms with Gasteiger partial charge in [-0.1, -0.05) is 0 Å². The van der Waals surface area contributed by atoms with Crippen LogP contribution in [0.15, 0.2) is 0 Å². The molecule has 1 amide bonds. The molecule has 1 atom stereocenters. The van der Waals surface area contributed by atoms with Gasteiger partial charge in [-0.05, 0) is 20.8 Å². The molecular weight excluding hydrogens is 214 g/mol. The third-order valence-corrected chi connectivity index (χ3v) is 1.98. The summed E-state index contributed by atoms with van der Waals surface area (Å²) in [4.78, 5) is 24.3. The van der Waals surface area contributed by atoms with E-state index in [9.17, 15) is 9.59 Å². The van der Waals surface area contributed by atoms with Crippen LogP contribution in [0.4, 0.5) is 4.79 Å². The van der Waals surface area contributed by atoms with Gasteiger partial charge in [0.05, 0.1) is 13.7 Å². The molecule has 6 heteroatoms. The maximum absolute atomic E-state index is 11.7. The number of methoxy groups -OCH3 is 1. The molecule has 0 radical (unpaired) electrons. The first-order valence-corrected chi connectivity index (χ1v) is 5.00. The zero-order valence-electron chi connectivity index (χ0n) is 9.98. The molecule has 0 unspecified atom stereocenters. The highest BCUT2D eigenvalue weighted by Crippen LogP contribution is 2.16. The summed E-state index contributed by atoms with van der Waals surface area (Å²) in [5.74, 6) is -0.497. The second-order valence-corrected chi connectivity index (χ2v) is 4.49. The van der Waals surface area contributed by atoms with E-state index in [1.165, 1.54) is 12.0 Å². The van der Waals surface area contributed by atoms with Gasteiger partial charge in [0.2, 0.25) is 0 Å². The number of rotatable bonds is 1. The van der Waals surface area contributed by atoms with E-state index in [0.717, 1.165) is 0 Å². The topological polar surface area (TPSA) is 65.1 Å². The van der Waals surface area contributed by atoms with Crippen LogP contribution in [-0.4, -0.2) is 49.1 Å². The van der Waals surface area contributed by atoms with Crippen LogP contribution in [0.3, 0.4) is 0 Å². The van der Waals surface area contributed by atoms with Gasteiger partial charge < -0.3 is 14.2 Å². The lowest BCUT2D eigenvalue weighted by Gasteiger charge is -2.25. The van der Waals surface area contributed by atoms with E-state index in [0.29, 0.717) is 0 Å².